The summed E-state index contributed by atoms with van der Waals surface area (Å²) in [6.45, 7) is 8.06. The number of hydrogen-bond donors (Lipinski definition) is 0. The van der Waals surface area contributed by atoms with Gasteiger partial charge in [0.25, 0.3) is 0 Å². The Morgan fingerprint density at radius 1 is 1.21 bits per heavy atom. The first-order valence-corrected chi connectivity index (χ1v) is 5.41. The van der Waals surface area contributed by atoms with E-state index < -0.39 is 0 Å². The largest absolute Gasteiger partial charge is 0.379 e. The predicted molar refractivity (Wildman–Crippen MR) is 59.2 cm³/mol. The second-order valence-electron chi connectivity index (χ2n) is 4.20. The van der Waals surface area contributed by atoms with Crippen molar-refractivity contribution in [1.29, 1.82) is 0 Å². The van der Waals surface area contributed by atoms with Gasteiger partial charge in [-0.3, -0.25) is 4.84 Å². The van der Waals surface area contributed by atoms with Gasteiger partial charge in [0.1, 0.15) is 0 Å². The molecule has 3 nitrogen and oxygen atoms in total. The third-order valence-electron chi connectivity index (χ3n) is 2.48. The Morgan fingerprint density at radius 3 is 2.36 bits per heavy atom. The Bertz CT molecular complexity index is 137. The van der Waals surface area contributed by atoms with E-state index in [1.165, 1.54) is 0 Å². The zero-order valence-electron chi connectivity index (χ0n) is 10.3. The van der Waals surface area contributed by atoms with Gasteiger partial charge in [0, 0.05) is 20.7 Å². The Labute approximate surface area is 88.3 Å². The van der Waals surface area contributed by atoms with Crippen LogP contribution >= 0.6 is 0 Å². The summed E-state index contributed by atoms with van der Waals surface area (Å²) < 4.78 is 5.34. The molecule has 0 aliphatic rings. The zero-order valence-corrected chi connectivity index (χ0v) is 10.3. The van der Waals surface area contributed by atoms with E-state index >= 15 is 0 Å². The molecule has 0 aliphatic heterocycles. The van der Waals surface area contributed by atoms with Crippen LogP contribution in [0.1, 0.15) is 40.0 Å². The van der Waals surface area contributed by atoms with Crippen molar-refractivity contribution in [2.75, 3.05) is 27.3 Å². The van der Waals surface area contributed by atoms with Crippen molar-refractivity contribution in [2.45, 2.75) is 45.6 Å². The maximum atomic E-state index is 5.43. The predicted octanol–water partition coefficient (Wildman–Crippen LogP) is 2.47. The Morgan fingerprint density at radius 2 is 1.86 bits per heavy atom. The van der Waals surface area contributed by atoms with Gasteiger partial charge in [-0.15, -0.1) is 0 Å². The first kappa shape index (κ1) is 13.9. The summed E-state index contributed by atoms with van der Waals surface area (Å²) in [6.07, 6.45) is 3.33. The normalized spacial score (nSPS) is 12.4. The molecule has 14 heavy (non-hydrogen) atoms. The minimum absolute atomic E-state index is 0.0106. The molecule has 0 saturated heterocycles. The number of hydroxylamine groups is 2. The molecule has 0 heterocycles. The molecule has 0 aromatic carbocycles. The van der Waals surface area contributed by atoms with Crippen LogP contribution in [0.15, 0.2) is 0 Å². The molecule has 0 bridgehead atoms. The molecule has 86 valence electrons. The molecule has 0 amide bonds. The van der Waals surface area contributed by atoms with Crippen molar-refractivity contribution in [3.8, 4) is 0 Å². The maximum absolute atomic E-state index is 5.43. The minimum atomic E-state index is 0.0106. The van der Waals surface area contributed by atoms with Gasteiger partial charge < -0.3 is 4.74 Å². The van der Waals surface area contributed by atoms with E-state index in [4.69, 9.17) is 9.57 Å². The van der Waals surface area contributed by atoms with E-state index in [0.717, 1.165) is 32.4 Å². The third-order valence-corrected chi connectivity index (χ3v) is 2.48. The average molecular weight is 203 g/mol. The first-order valence-electron chi connectivity index (χ1n) is 5.41. The van der Waals surface area contributed by atoms with Gasteiger partial charge >= 0.3 is 0 Å². The van der Waals surface area contributed by atoms with Crippen LogP contribution in [0.25, 0.3) is 0 Å². The zero-order chi connectivity index (χ0) is 11.0. The Balaban J connectivity index is 3.30. The van der Waals surface area contributed by atoms with Gasteiger partial charge in [0.05, 0.1) is 12.2 Å². The van der Waals surface area contributed by atoms with Crippen molar-refractivity contribution in [3.63, 3.8) is 0 Å². The lowest BCUT2D eigenvalue weighted by molar-refractivity contribution is -0.137. The molecule has 0 fully saturated rings. The van der Waals surface area contributed by atoms with Gasteiger partial charge in [-0.05, 0) is 33.1 Å². The highest BCUT2D eigenvalue weighted by Crippen LogP contribution is 2.16. The highest BCUT2D eigenvalue weighted by atomic mass is 16.7. The molecule has 0 rings (SSSR count). The number of hydrogen-bond acceptors (Lipinski definition) is 3. The lowest BCUT2D eigenvalue weighted by Gasteiger charge is -2.22. The molecule has 0 atom stereocenters. The van der Waals surface area contributed by atoms with Gasteiger partial charge in [-0.2, -0.15) is 5.06 Å². The van der Waals surface area contributed by atoms with Crippen LogP contribution in [-0.4, -0.2) is 38.0 Å². The number of unbranched alkanes of at least 4 members (excludes halogenated alkanes) is 1. The Hall–Kier alpha value is -0.120. The van der Waals surface area contributed by atoms with Crippen molar-refractivity contribution < 1.29 is 9.57 Å². The SMILES string of the molecule is CCN(C)OCCCCC(C)(C)OC. The fourth-order valence-corrected chi connectivity index (χ4v) is 1.07. The molecule has 0 saturated carbocycles. The number of rotatable bonds is 8. The summed E-state index contributed by atoms with van der Waals surface area (Å²) in [5.74, 6) is 0. The minimum Gasteiger partial charge on any atom is -0.379 e. The van der Waals surface area contributed by atoms with Gasteiger partial charge in [-0.1, -0.05) is 6.92 Å². The van der Waals surface area contributed by atoms with Gasteiger partial charge in [-0.25, -0.2) is 0 Å². The molecule has 0 aliphatic carbocycles. The highest BCUT2D eigenvalue weighted by molar-refractivity contribution is 4.66. The topological polar surface area (TPSA) is 21.7 Å². The summed E-state index contributed by atoms with van der Waals surface area (Å²) in [7, 11) is 3.72. The van der Waals surface area contributed by atoms with Gasteiger partial charge in [0.15, 0.2) is 0 Å². The average Bonchev–Trinajstić information content (AvgIpc) is 2.17. The van der Waals surface area contributed by atoms with Crippen molar-refractivity contribution >= 4 is 0 Å². The number of methoxy groups -OCH3 is 1. The van der Waals surface area contributed by atoms with Crippen LogP contribution in [0.5, 0.6) is 0 Å². The standard InChI is InChI=1S/C11H25NO2/c1-6-12(4)14-10-8-7-9-11(2,3)13-5/h6-10H2,1-5H3. The van der Waals surface area contributed by atoms with Crippen molar-refractivity contribution in [1.82, 2.24) is 5.06 Å². The van der Waals surface area contributed by atoms with Crippen molar-refractivity contribution in [3.05, 3.63) is 0 Å². The molecule has 0 aromatic heterocycles. The quantitative estimate of drug-likeness (QED) is 0.447. The number of nitrogens with zero attached hydrogens (tertiary/aromatic N) is 1. The molecule has 0 unspecified atom stereocenters. The van der Waals surface area contributed by atoms with Crippen LogP contribution in [0.2, 0.25) is 0 Å². The van der Waals surface area contributed by atoms with Crippen molar-refractivity contribution in [2.24, 2.45) is 0 Å². The van der Waals surface area contributed by atoms with Crippen LogP contribution in [-0.2, 0) is 9.57 Å². The molecular formula is C11H25NO2. The molecule has 0 spiro atoms. The summed E-state index contributed by atoms with van der Waals surface area (Å²) >= 11 is 0. The lowest BCUT2D eigenvalue weighted by Crippen LogP contribution is -2.22. The summed E-state index contributed by atoms with van der Waals surface area (Å²) in [5, 5.41) is 1.86. The molecule has 3 heteroatoms. The lowest BCUT2D eigenvalue weighted by atomic mass is 10.0. The molecule has 0 N–H and O–H groups in total. The summed E-state index contributed by atoms with van der Waals surface area (Å²) in [6, 6.07) is 0. The fraction of sp³-hybridized carbons (Fsp3) is 1.00. The van der Waals surface area contributed by atoms with E-state index in [-0.39, 0.29) is 5.60 Å². The van der Waals surface area contributed by atoms with E-state index in [0.29, 0.717) is 0 Å². The fourth-order valence-electron chi connectivity index (χ4n) is 1.07. The first-order chi connectivity index (χ1) is 6.52. The van der Waals surface area contributed by atoms with Crippen LogP contribution in [0.4, 0.5) is 0 Å². The highest BCUT2D eigenvalue weighted by Gasteiger charge is 2.14. The second-order valence-corrected chi connectivity index (χ2v) is 4.20. The van der Waals surface area contributed by atoms with Crippen LogP contribution in [0, 0.1) is 0 Å². The molecular weight excluding hydrogens is 178 g/mol. The van der Waals surface area contributed by atoms with Crippen LogP contribution in [0.3, 0.4) is 0 Å². The monoisotopic (exact) mass is 203 g/mol. The second kappa shape index (κ2) is 7.21. The van der Waals surface area contributed by atoms with E-state index in [1.54, 1.807) is 7.11 Å². The number of ether oxygens (including phenoxy) is 1. The van der Waals surface area contributed by atoms with E-state index in [1.807, 2.05) is 12.1 Å². The third kappa shape index (κ3) is 7.30. The summed E-state index contributed by atoms with van der Waals surface area (Å²) in [4.78, 5) is 5.43. The maximum Gasteiger partial charge on any atom is 0.0685 e. The smallest absolute Gasteiger partial charge is 0.0685 e. The van der Waals surface area contributed by atoms with E-state index in [9.17, 15) is 0 Å². The van der Waals surface area contributed by atoms with Crippen LogP contribution < -0.4 is 0 Å². The Kier molecular flexibility index (Phi) is 7.15. The summed E-state index contributed by atoms with van der Waals surface area (Å²) in [5.41, 5.74) is 0.0106. The molecule has 0 radical (unpaired) electrons. The van der Waals surface area contributed by atoms with Gasteiger partial charge in [0.2, 0.25) is 0 Å². The molecule has 0 aromatic rings. The van der Waals surface area contributed by atoms with E-state index in [2.05, 4.69) is 20.8 Å².